The molecular formula is C22H29N3O6. The first kappa shape index (κ1) is 21.4. The standard InChI is InChI=1S/C22H29N3O6/c26-14-23(29)13-18(11-16-5-1-2-6-16)22(28)25-10-4-3-9-24(25)21(27)17-7-8-19-20(12-17)31-15-30-19/h7-8,12,14,16,18,29H,1-6,9-11,13,15H2/t18-/m1/s1. The van der Waals surface area contributed by atoms with E-state index >= 15 is 0 Å². The molecule has 1 saturated heterocycles. The number of carbonyl (C=O) groups is 3. The molecule has 3 amide bonds. The predicted octanol–water partition coefficient (Wildman–Crippen LogP) is 2.44. The molecule has 1 saturated carbocycles. The second-order valence-corrected chi connectivity index (χ2v) is 8.48. The van der Waals surface area contributed by atoms with Crippen molar-refractivity contribution >= 4 is 18.2 Å². The molecule has 31 heavy (non-hydrogen) atoms. The molecule has 0 unspecified atom stereocenters. The van der Waals surface area contributed by atoms with Crippen molar-refractivity contribution in [3.8, 4) is 11.5 Å². The number of rotatable bonds is 7. The van der Waals surface area contributed by atoms with Gasteiger partial charge in [0, 0.05) is 18.7 Å². The van der Waals surface area contributed by atoms with E-state index in [0.29, 0.717) is 54.0 Å². The van der Waals surface area contributed by atoms with Crippen LogP contribution in [0.2, 0.25) is 0 Å². The first-order valence-corrected chi connectivity index (χ1v) is 11.0. The lowest BCUT2D eigenvalue weighted by atomic mass is 9.92. The number of carbonyl (C=O) groups excluding carboxylic acids is 3. The molecule has 1 aliphatic carbocycles. The first-order valence-electron chi connectivity index (χ1n) is 11.0. The third kappa shape index (κ3) is 4.76. The Balaban J connectivity index is 1.53. The van der Waals surface area contributed by atoms with Crippen LogP contribution in [0.3, 0.4) is 0 Å². The fraction of sp³-hybridized carbons (Fsp3) is 0.591. The quantitative estimate of drug-likeness (QED) is 0.404. The van der Waals surface area contributed by atoms with Gasteiger partial charge in [-0.3, -0.25) is 24.6 Å². The third-order valence-corrected chi connectivity index (χ3v) is 6.36. The average Bonchev–Trinajstić information content (AvgIpc) is 3.48. The van der Waals surface area contributed by atoms with Gasteiger partial charge >= 0.3 is 0 Å². The minimum atomic E-state index is -0.552. The molecular weight excluding hydrogens is 402 g/mol. The number of nitrogens with zero attached hydrogens (tertiary/aromatic N) is 3. The average molecular weight is 431 g/mol. The molecule has 4 rings (SSSR count). The normalized spacial score (nSPS) is 19.4. The van der Waals surface area contributed by atoms with Crippen molar-refractivity contribution in [1.82, 2.24) is 15.1 Å². The van der Waals surface area contributed by atoms with Crippen LogP contribution >= 0.6 is 0 Å². The maximum Gasteiger partial charge on any atom is 0.272 e. The van der Waals surface area contributed by atoms with Crippen LogP contribution in [-0.4, -0.2) is 64.9 Å². The number of fused-ring (bicyclic) bond motifs is 1. The van der Waals surface area contributed by atoms with Gasteiger partial charge in [-0.2, -0.15) is 0 Å². The number of amides is 3. The SMILES string of the molecule is O=CN(O)C[C@@H](CC1CCCC1)C(=O)N1CCCCN1C(=O)c1ccc2c(c1)OCO2. The summed E-state index contributed by atoms with van der Waals surface area (Å²) in [4.78, 5) is 37.8. The third-order valence-electron chi connectivity index (χ3n) is 6.36. The Hall–Kier alpha value is -2.81. The smallest absolute Gasteiger partial charge is 0.272 e. The molecule has 0 bridgehead atoms. The molecule has 2 heterocycles. The van der Waals surface area contributed by atoms with E-state index in [1.807, 2.05) is 0 Å². The lowest BCUT2D eigenvalue weighted by Gasteiger charge is -2.40. The lowest BCUT2D eigenvalue weighted by Crippen LogP contribution is -2.55. The van der Waals surface area contributed by atoms with Crippen LogP contribution < -0.4 is 9.47 Å². The largest absolute Gasteiger partial charge is 0.454 e. The molecule has 3 aliphatic rings. The Bertz CT molecular complexity index is 825. The molecule has 1 atom stereocenters. The highest BCUT2D eigenvalue weighted by molar-refractivity contribution is 5.96. The van der Waals surface area contributed by atoms with Gasteiger partial charge in [-0.05, 0) is 43.4 Å². The molecule has 9 nitrogen and oxygen atoms in total. The molecule has 168 valence electrons. The summed E-state index contributed by atoms with van der Waals surface area (Å²) in [6.45, 7) is 0.925. The Labute approximate surface area is 181 Å². The Morgan fingerprint density at radius 1 is 1.10 bits per heavy atom. The van der Waals surface area contributed by atoms with Gasteiger partial charge in [0.25, 0.3) is 5.91 Å². The first-order chi connectivity index (χ1) is 15.1. The number of hydroxylamine groups is 2. The summed E-state index contributed by atoms with van der Waals surface area (Å²) in [6.07, 6.45) is 6.90. The van der Waals surface area contributed by atoms with Gasteiger partial charge in [-0.25, -0.2) is 10.1 Å². The fourth-order valence-corrected chi connectivity index (χ4v) is 4.76. The van der Waals surface area contributed by atoms with Crippen LogP contribution in [0.15, 0.2) is 18.2 Å². The van der Waals surface area contributed by atoms with Gasteiger partial charge in [-0.15, -0.1) is 0 Å². The van der Waals surface area contributed by atoms with Gasteiger partial charge in [0.1, 0.15) is 0 Å². The highest BCUT2D eigenvalue weighted by Gasteiger charge is 2.36. The zero-order chi connectivity index (χ0) is 21.8. The fourth-order valence-electron chi connectivity index (χ4n) is 4.76. The minimum Gasteiger partial charge on any atom is -0.454 e. The summed E-state index contributed by atoms with van der Waals surface area (Å²) in [5.41, 5.74) is 0.424. The Morgan fingerprint density at radius 3 is 2.55 bits per heavy atom. The van der Waals surface area contributed by atoms with Gasteiger partial charge in [0.2, 0.25) is 19.1 Å². The minimum absolute atomic E-state index is 0.0681. The van der Waals surface area contributed by atoms with E-state index in [-0.39, 0.29) is 25.2 Å². The summed E-state index contributed by atoms with van der Waals surface area (Å²) in [5, 5.41) is 13.3. The van der Waals surface area contributed by atoms with Crippen LogP contribution in [0.4, 0.5) is 0 Å². The molecule has 1 aromatic carbocycles. The summed E-state index contributed by atoms with van der Waals surface area (Å²) in [6, 6.07) is 5.01. The van der Waals surface area contributed by atoms with Gasteiger partial charge in [-0.1, -0.05) is 25.7 Å². The molecule has 0 aromatic heterocycles. The van der Waals surface area contributed by atoms with E-state index < -0.39 is 5.92 Å². The van der Waals surface area contributed by atoms with Crippen LogP contribution in [0.1, 0.15) is 55.3 Å². The molecule has 1 N–H and O–H groups in total. The molecule has 2 aliphatic heterocycles. The van der Waals surface area contributed by atoms with E-state index in [0.717, 1.165) is 38.5 Å². The van der Waals surface area contributed by atoms with Crippen LogP contribution in [-0.2, 0) is 9.59 Å². The van der Waals surface area contributed by atoms with Crippen molar-refractivity contribution in [2.24, 2.45) is 11.8 Å². The van der Waals surface area contributed by atoms with Crippen molar-refractivity contribution in [3.05, 3.63) is 23.8 Å². The second kappa shape index (κ2) is 9.55. The highest BCUT2D eigenvalue weighted by Crippen LogP contribution is 2.34. The van der Waals surface area contributed by atoms with Crippen LogP contribution in [0.25, 0.3) is 0 Å². The van der Waals surface area contributed by atoms with Crippen molar-refractivity contribution in [2.45, 2.75) is 44.9 Å². The number of benzene rings is 1. The Kier molecular flexibility index (Phi) is 6.60. The van der Waals surface area contributed by atoms with Crippen molar-refractivity contribution < 1.29 is 29.1 Å². The number of ether oxygens (including phenoxy) is 2. The zero-order valence-corrected chi connectivity index (χ0v) is 17.6. The van der Waals surface area contributed by atoms with Gasteiger partial charge < -0.3 is 9.47 Å². The maximum absolute atomic E-state index is 13.5. The number of hydrazine groups is 1. The summed E-state index contributed by atoms with van der Waals surface area (Å²) < 4.78 is 10.7. The predicted molar refractivity (Wildman–Crippen MR) is 109 cm³/mol. The van der Waals surface area contributed by atoms with Crippen molar-refractivity contribution in [1.29, 1.82) is 0 Å². The number of hydrogen-bond donors (Lipinski definition) is 1. The molecule has 2 fully saturated rings. The summed E-state index contributed by atoms with van der Waals surface area (Å²) >= 11 is 0. The van der Waals surface area contributed by atoms with Crippen molar-refractivity contribution in [3.63, 3.8) is 0 Å². The summed E-state index contributed by atoms with van der Waals surface area (Å²) in [7, 11) is 0. The Morgan fingerprint density at radius 2 is 1.81 bits per heavy atom. The van der Waals surface area contributed by atoms with E-state index in [9.17, 15) is 19.6 Å². The second-order valence-electron chi connectivity index (χ2n) is 8.48. The van der Waals surface area contributed by atoms with Gasteiger partial charge in [0.05, 0.1) is 12.5 Å². The molecule has 0 spiro atoms. The zero-order valence-electron chi connectivity index (χ0n) is 17.6. The van der Waals surface area contributed by atoms with E-state index in [2.05, 4.69) is 0 Å². The van der Waals surface area contributed by atoms with E-state index in [1.54, 1.807) is 18.2 Å². The topological polar surface area (TPSA) is 99.6 Å². The van der Waals surface area contributed by atoms with Crippen LogP contribution in [0.5, 0.6) is 11.5 Å². The lowest BCUT2D eigenvalue weighted by molar-refractivity contribution is -0.164. The number of hydrogen-bond acceptors (Lipinski definition) is 6. The van der Waals surface area contributed by atoms with E-state index in [4.69, 9.17) is 9.47 Å². The monoisotopic (exact) mass is 431 g/mol. The van der Waals surface area contributed by atoms with Crippen LogP contribution in [0, 0.1) is 11.8 Å². The molecule has 9 heteroatoms. The summed E-state index contributed by atoms with van der Waals surface area (Å²) in [5.74, 6) is 0.461. The maximum atomic E-state index is 13.5. The highest BCUT2D eigenvalue weighted by atomic mass is 16.7. The molecule has 1 aromatic rings. The van der Waals surface area contributed by atoms with E-state index in [1.165, 1.54) is 10.0 Å². The molecule has 0 radical (unpaired) electrons. The van der Waals surface area contributed by atoms with Gasteiger partial charge in [0.15, 0.2) is 11.5 Å². The van der Waals surface area contributed by atoms with Crippen molar-refractivity contribution in [2.75, 3.05) is 26.4 Å².